The molecular weight excluding hydrogens is 402 g/mol. The van der Waals surface area contributed by atoms with Gasteiger partial charge in [-0.1, -0.05) is 6.92 Å². The lowest BCUT2D eigenvalue weighted by molar-refractivity contribution is 0.0601. The van der Waals surface area contributed by atoms with Gasteiger partial charge < -0.3 is 19.3 Å². The third-order valence-electron chi connectivity index (χ3n) is 5.06. The molecule has 1 unspecified atom stereocenters. The SMILES string of the molecule is CCC(C)n1c(O)c(C=Nc2cc(OC)c(OC)cc2C(=O)OC)c(C)c(C#N)c1=O. The Kier molecular flexibility index (Phi) is 7.42. The highest BCUT2D eigenvalue weighted by Gasteiger charge is 2.21. The minimum absolute atomic E-state index is 0.0833. The average Bonchev–Trinajstić information content (AvgIpc) is 2.77. The van der Waals surface area contributed by atoms with Gasteiger partial charge in [-0.05, 0) is 25.8 Å². The van der Waals surface area contributed by atoms with E-state index in [-0.39, 0.29) is 39.9 Å². The van der Waals surface area contributed by atoms with Crippen molar-refractivity contribution in [3.05, 3.63) is 44.7 Å². The van der Waals surface area contributed by atoms with Crippen molar-refractivity contribution in [2.45, 2.75) is 33.2 Å². The van der Waals surface area contributed by atoms with Crippen molar-refractivity contribution in [1.82, 2.24) is 4.57 Å². The minimum atomic E-state index is -0.642. The number of nitrogens with zero attached hydrogens (tertiary/aromatic N) is 3. The largest absolute Gasteiger partial charge is 0.494 e. The summed E-state index contributed by atoms with van der Waals surface area (Å²) in [6.45, 7) is 5.18. The Morgan fingerprint density at radius 2 is 1.90 bits per heavy atom. The van der Waals surface area contributed by atoms with Gasteiger partial charge in [-0.2, -0.15) is 5.26 Å². The first-order valence-corrected chi connectivity index (χ1v) is 9.52. The molecule has 0 amide bonds. The Balaban J connectivity index is 2.77. The van der Waals surface area contributed by atoms with E-state index in [9.17, 15) is 20.0 Å². The topological polar surface area (TPSA) is 123 Å². The molecular formula is C22H25N3O6. The number of aromatic nitrogens is 1. The Bertz CT molecular complexity index is 1130. The molecule has 164 valence electrons. The molecule has 1 aromatic heterocycles. The third kappa shape index (κ3) is 4.38. The lowest BCUT2D eigenvalue weighted by atomic mass is 10.0. The minimum Gasteiger partial charge on any atom is -0.494 e. The van der Waals surface area contributed by atoms with E-state index in [4.69, 9.17) is 14.2 Å². The van der Waals surface area contributed by atoms with Crippen molar-refractivity contribution in [2.75, 3.05) is 21.3 Å². The highest BCUT2D eigenvalue weighted by molar-refractivity contribution is 5.98. The number of carbonyl (C=O) groups is 1. The van der Waals surface area contributed by atoms with Crippen LogP contribution in [0.25, 0.3) is 0 Å². The molecule has 0 aliphatic carbocycles. The normalized spacial score (nSPS) is 11.8. The average molecular weight is 427 g/mol. The fourth-order valence-corrected chi connectivity index (χ4v) is 3.07. The van der Waals surface area contributed by atoms with Crippen molar-refractivity contribution in [1.29, 1.82) is 5.26 Å². The zero-order chi connectivity index (χ0) is 23.3. The van der Waals surface area contributed by atoms with Crippen molar-refractivity contribution >= 4 is 17.9 Å². The first kappa shape index (κ1) is 23.5. The summed E-state index contributed by atoms with van der Waals surface area (Å²) >= 11 is 0. The van der Waals surface area contributed by atoms with Gasteiger partial charge in [0.25, 0.3) is 5.56 Å². The molecule has 2 aromatic rings. The van der Waals surface area contributed by atoms with Gasteiger partial charge in [0, 0.05) is 24.4 Å². The van der Waals surface area contributed by atoms with Gasteiger partial charge in [-0.25, -0.2) is 4.79 Å². The molecule has 1 heterocycles. The Morgan fingerprint density at radius 3 is 2.42 bits per heavy atom. The monoisotopic (exact) mass is 427 g/mol. The van der Waals surface area contributed by atoms with Crippen molar-refractivity contribution in [2.24, 2.45) is 4.99 Å². The summed E-state index contributed by atoms with van der Waals surface area (Å²) in [6, 6.07) is 4.50. The number of rotatable bonds is 7. The highest BCUT2D eigenvalue weighted by atomic mass is 16.5. The Hall–Kier alpha value is -3.80. The van der Waals surface area contributed by atoms with Crippen molar-refractivity contribution in [3.8, 4) is 23.4 Å². The molecule has 31 heavy (non-hydrogen) atoms. The molecule has 0 spiro atoms. The molecule has 0 saturated heterocycles. The zero-order valence-electron chi connectivity index (χ0n) is 18.3. The van der Waals surface area contributed by atoms with Gasteiger partial charge in [0.05, 0.1) is 38.1 Å². The molecule has 0 fully saturated rings. The molecule has 1 aromatic carbocycles. The first-order chi connectivity index (χ1) is 14.7. The number of benzene rings is 1. The van der Waals surface area contributed by atoms with Gasteiger partial charge in [0.15, 0.2) is 11.5 Å². The maximum Gasteiger partial charge on any atom is 0.340 e. The number of hydrogen-bond donors (Lipinski definition) is 1. The molecule has 0 radical (unpaired) electrons. The summed E-state index contributed by atoms with van der Waals surface area (Å²) in [5.74, 6) is -0.292. The third-order valence-corrected chi connectivity index (χ3v) is 5.06. The molecule has 0 bridgehead atoms. The molecule has 1 atom stereocenters. The Labute approximate surface area is 180 Å². The number of methoxy groups -OCH3 is 3. The number of esters is 1. The second kappa shape index (κ2) is 9.80. The number of aliphatic imine (C=N–C) groups is 1. The number of hydrogen-bond acceptors (Lipinski definition) is 8. The van der Waals surface area contributed by atoms with Gasteiger partial charge in [0.1, 0.15) is 11.6 Å². The smallest absolute Gasteiger partial charge is 0.340 e. The summed E-state index contributed by atoms with van der Waals surface area (Å²) in [4.78, 5) is 29.2. The second-order valence-electron chi connectivity index (χ2n) is 6.76. The van der Waals surface area contributed by atoms with Crippen LogP contribution in [0.5, 0.6) is 17.4 Å². The van der Waals surface area contributed by atoms with E-state index in [0.29, 0.717) is 17.9 Å². The summed E-state index contributed by atoms with van der Waals surface area (Å²) in [5.41, 5.74) is 0.147. The molecule has 0 aliphatic heterocycles. The van der Waals surface area contributed by atoms with Crippen LogP contribution in [-0.4, -0.2) is 43.2 Å². The van der Waals surface area contributed by atoms with Gasteiger partial charge >= 0.3 is 5.97 Å². The van der Waals surface area contributed by atoms with Crippen molar-refractivity contribution in [3.63, 3.8) is 0 Å². The lowest BCUT2D eigenvalue weighted by Crippen LogP contribution is -2.27. The van der Waals surface area contributed by atoms with Crippen LogP contribution < -0.4 is 15.0 Å². The van der Waals surface area contributed by atoms with Crippen molar-refractivity contribution < 1.29 is 24.1 Å². The van der Waals surface area contributed by atoms with E-state index in [1.165, 1.54) is 44.2 Å². The van der Waals surface area contributed by atoms with Crippen LogP contribution in [0.2, 0.25) is 0 Å². The molecule has 9 nitrogen and oxygen atoms in total. The molecule has 0 saturated carbocycles. The first-order valence-electron chi connectivity index (χ1n) is 9.52. The lowest BCUT2D eigenvalue weighted by Gasteiger charge is -2.18. The summed E-state index contributed by atoms with van der Waals surface area (Å²) in [7, 11) is 4.12. The summed E-state index contributed by atoms with van der Waals surface area (Å²) in [5, 5.41) is 20.3. The summed E-state index contributed by atoms with van der Waals surface area (Å²) < 4.78 is 16.5. The predicted octanol–water partition coefficient (Wildman–Crippen LogP) is 3.26. The van der Waals surface area contributed by atoms with Crippen LogP contribution in [0.3, 0.4) is 0 Å². The highest BCUT2D eigenvalue weighted by Crippen LogP contribution is 2.35. The van der Waals surface area contributed by atoms with Crippen LogP contribution in [-0.2, 0) is 4.74 Å². The quantitative estimate of drug-likeness (QED) is 0.531. The number of pyridine rings is 1. The number of nitriles is 1. The van der Waals surface area contributed by atoms with Crippen LogP contribution in [0.4, 0.5) is 5.69 Å². The fourth-order valence-electron chi connectivity index (χ4n) is 3.07. The summed E-state index contributed by atoms with van der Waals surface area (Å²) in [6.07, 6.45) is 1.87. The van der Waals surface area contributed by atoms with E-state index in [1.54, 1.807) is 13.8 Å². The van der Waals surface area contributed by atoms with Crippen LogP contribution in [0.1, 0.15) is 53.4 Å². The van der Waals surface area contributed by atoms with E-state index >= 15 is 0 Å². The van der Waals surface area contributed by atoms with Crippen LogP contribution >= 0.6 is 0 Å². The zero-order valence-corrected chi connectivity index (χ0v) is 18.3. The fraction of sp³-hybridized carbons (Fsp3) is 0.364. The second-order valence-corrected chi connectivity index (χ2v) is 6.76. The van der Waals surface area contributed by atoms with E-state index in [0.717, 1.165) is 0 Å². The molecule has 1 N–H and O–H groups in total. The maximum atomic E-state index is 12.6. The number of carbonyl (C=O) groups excluding carboxylic acids is 1. The van der Waals surface area contributed by atoms with E-state index in [1.807, 2.05) is 13.0 Å². The molecule has 9 heteroatoms. The van der Waals surface area contributed by atoms with Gasteiger partial charge in [-0.3, -0.25) is 14.4 Å². The maximum absolute atomic E-state index is 12.6. The predicted molar refractivity (Wildman–Crippen MR) is 115 cm³/mol. The van der Waals surface area contributed by atoms with Crippen LogP contribution in [0, 0.1) is 18.3 Å². The molecule has 0 aliphatic rings. The van der Waals surface area contributed by atoms with E-state index in [2.05, 4.69) is 4.99 Å². The van der Waals surface area contributed by atoms with Gasteiger partial charge in [0.2, 0.25) is 5.88 Å². The van der Waals surface area contributed by atoms with Gasteiger partial charge in [-0.15, -0.1) is 0 Å². The van der Waals surface area contributed by atoms with Crippen LogP contribution in [0.15, 0.2) is 21.9 Å². The number of aromatic hydroxyl groups is 1. The Morgan fingerprint density at radius 1 is 1.29 bits per heavy atom. The molecule has 2 rings (SSSR count). The standard InChI is InChI=1S/C22H25N3O6/c1-7-12(2)25-20(26)15(10-23)13(3)16(21(25)27)11-24-17-9-19(30-5)18(29-4)8-14(17)22(28)31-6/h8-9,11-12,27H,7H2,1-6H3. The van der Waals surface area contributed by atoms with E-state index < -0.39 is 11.5 Å². The number of ether oxygens (including phenoxy) is 3.